The molecule has 2 aromatic rings. The molecule has 0 N–H and O–H groups in total. The molecule has 1 aliphatic heterocycles. The Morgan fingerprint density at radius 2 is 2.28 bits per heavy atom. The molecular weight excluding hydrogens is 318 g/mol. The number of hydrogen-bond donors (Lipinski definition) is 0. The minimum absolute atomic E-state index is 0.0761. The molecule has 1 saturated heterocycles. The van der Waals surface area contributed by atoms with E-state index in [1.807, 2.05) is 30.9 Å². The molecule has 0 radical (unpaired) electrons. The van der Waals surface area contributed by atoms with E-state index in [-0.39, 0.29) is 11.9 Å². The number of amides is 1. The Bertz CT molecular complexity index is 741. The zero-order valence-corrected chi connectivity index (χ0v) is 15.1. The summed E-state index contributed by atoms with van der Waals surface area (Å²) in [5, 5.41) is 3.96. The van der Waals surface area contributed by atoms with Crippen LogP contribution in [0.4, 0.5) is 0 Å². The smallest absolute Gasteiger partial charge is 0.249 e. The topological polar surface area (TPSA) is 68.5 Å². The van der Waals surface area contributed by atoms with Crippen LogP contribution >= 0.6 is 0 Å². The van der Waals surface area contributed by atoms with E-state index in [2.05, 4.69) is 16.2 Å². The SMILES string of the molecule is CCc1noc([C@@H]2CCCN2C(=O)CCc2ccc(C)c(OC)c2)n1. The number of aromatic nitrogens is 2. The van der Waals surface area contributed by atoms with Crippen LogP contribution in [-0.2, 0) is 17.6 Å². The van der Waals surface area contributed by atoms with Gasteiger partial charge in [0.25, 0.3) is 0 Å². The van der Waals surface area contributed by atoms with Crippen LogP contribution in [0.25, 0.3) is 0 Å². The van der Waals surface area contributed by atoms with E-state index in [9.17, 15) is 4.79 Å². The Balaban J connectivity index is 1.64. The summed E-state index contributed by atoms with van der Waals surface area (Å²) >= 11 is 0. The van der Waals surface area contributed by atoms with Gasteiger partial charge < -0.3 is 14.2 Å². The molecule has 1 aromatic carbocycles. The number of rotatable bonds is 6. The highest BCUT2D eigenvalue weighted by Crippen LogP contribution is 2.31. The average molecular weight is 343 g/mol. The molecule has 25 heavy (non-hydrogen) atoms. The maximum Gasteiger partial charge on any atom is 0.249 e. The third-order valence-electron chi connectivity index (χ3n) is 4.76. The van der Waals surface area contributed by atoms with Crippen molar-refractivity contribution in [1.82, 2.24) is 15.0 Å². The molecule has 6 heteroatoms. The van der Waals surface area contributed by atoms with Gasteiger partial charge in [0.1, 0.15) is 11.8 Å². The fourth-order valence-corrected chi connectivity index (χ4v) is 3.28. The Hall–Kier alpha value is -2.37. The summed E-state index contributed by atoms with van der Waals surface area (Å²) in [4.78, 5) is 19.0. The largest absolute Gasteiger partial charge is 0.496 e. The predicted molar refractivity (Wildman–Crippen MR) is 93.4 cm³/mol. The number of likely N-dealkylation sites (tertiary alicyclic amines) is 1. The first-order chi connectivity index (χ1) is 12.1. The van der Waals surface area contributed by atoms with Crippen molar-refractivity contribution >= 4 is 5.91 Å². The first kappa shape index (κ1) is 17.5. The zero-order valence-electron chi connectivity index (χ0n) is 15.1. The van der Waals surface area contributed by atoms with E-state index in [1.165, 1.54) is 0 Å². The number of carbonyl (C=O) groups excluding carboxylic acids is 1. The molecular formula is C19H25N3O3. The van der Waals surface area contributed by atoms with Gasteiger partial charge in [0.2, 0.25) is 11.8 Å². The van der Waals surface area contributed by atoms with Crippen LogP contribution in [0.1, 0.15) is 55.1 Å². The van der Waals surface area contributed by atoms with E-state index >= 15 is 0 Å². The summed E-state index contributed by atoms with van der Waals surface area (Å²) in [6.07, 6.45) is 3.76. The second kappa shape index (κ2) is 7.68. The molecule has 134 valence electrons. The summed E-state index contributed by atoms with van der Waals surface area (Å²) in [7, 11) is 1.67. The van der Waals surface area contributed by atoms with Gasteiger partial charge in [0.15, 0.2) is 5.82 Å². The quantitative estimate of drug-likeness (QED) is 0.805. The van der Waals surface area contributed by atoms with Crippen molar-refractivity contribution in [3.63, 3.8) is 0 Å². The van der Waals surface area contributed by atoms with Gasteiger partial charge in [-0.25, -0.2) is 0 Å². The van der Waals surface area contributed by atoms with Crippen LogP contribution in [0, 0.1) is 6.92 Å². The molecule has 3 rings (SSSR count). The lowest BCUT2D eigenvalue weighted by Gasteiger charge is -2.22. The van der Waals surface area contributed by atoms with E-state index in [1.54, 1.807) is 7.11 Å². The fourth-order valence-electron chi connectivity index (χ4n) is 3.28. The highest BCUT2D eigenvalue weighted by Gasteiger charge is 2.33. The Kier molecular flexibility index (Phi) is 5.36. The summed E-state index contributed by atoms with van der Waals surface area (Å²) in [5.41, 5.74) is 2.21. The second-order valence-electron chi connectivity index (χ2n) is 6.45. The van der Waals surface area contributed by atoms with Crippen LogP contribution in [0.15, 0.2) is 22.7 Å². The minimum Gasteiger partial charge on any atom is -0.496 e. The number of ether oxygens (including phenoxy) is 1. The first-order valence-corrected chi connectivity index (χ1v) is 8.87. The number of methoxy groups -OCH3 is 1. The van der Waals surface area contributed by atoms with Gasteiger partial charge >= 0.3 is 0 Å². The normalized spacial score (nSPS) is 17.1. The molecule has 0 bridgehead atoms. The fraction of sp³-hybridized carbons (Fsp3) is 0.526. The number of aryl methyl sites for hydroxylation is 3. The number of nitrogens with zero attached hydrogens (tertiary/aromatic N) is 3. The third kappa shape index (κ3) is 3.83. The van der Waals surface area contributed by atoms with E-state index in [0.717, 1.165) is 42.7 Å². The summed E-state index contributed by atoms with van der Waals surface area (Å²) in [5.74, 6) is 2.26. The predicted octanol–water partition coefficient (Wildman–Crippen LogP) is 3.25. The maximum absolute atomic E-state index is 12.7. The van der Waals surface area contributed by atoms with Gasteiger partial charge in [-0.1, -0.05) is 24.2 Å². The average Bonchev–Trinajstić information content (AvgIpc) is 3.29. The van der Waals surface area contributed by atoms with Crippen LogP contribution < -0.4 is 4.74 Å². The van der Waals surface area contributed by atoms with Crippen molar-refractivity contribution in [3.05, 3.63) is 41.0 Å². The van der Waals surface area contributed by atoms with E-state index in [0.29, 0.717) is 24.6 Å². The standard InChI is InChI=1S/C19H25N3O3/c1-4-17-20-19(25-21-17)15-6-5-11-22(15)18(23)10-9-14-8-7-13(2)16(12-14)24-3/h7-8,12,15H,4-6,9-11H2,1-3H3/t15-/m0/s1. The summed E-state index contributed by atoms with van der Waals surface area (Å²) < 4.78 is 10.7. The van der Waals surface area contributed by atoms with Crippen molar-refractivity contribution in [2.45, 2.75) is 52.0 Å². The molecule has 1 aromatic heterocycles. The summed E-state index contributed by atoms with van der Waals surface area (Å²) in [6, 6.07) is 6.02. The van der Waals surface area contributed by atoms with Crippen molar-refractivity contribution in [2.24, 2.45) is 0 Å². The van der Waals surface area contributed by atoms with E-state index in [4.69, 9.17) is 9.26 Å². The van der Waals surface area contributed by atoms with Crippen LogP contribution in [0.3, 0.4) is 0 Å². The number of benzene rings is 1. The molecule has 6 nitrogen and oxygen atoms in total. The lowest BCUT2D eigenvalue weighted by atomic mass is 10.1. The molecule has 1 fully saturated rings. The molecule has 1 atom stereocenters. The molecule has 0 unspecified atom stereocenters. The number of carbonyl (C=O) groups is 1. The number of hydrogen-bond acceptors (Lipinski definition) is 5. The van der Waals surface area contributed by atoms with Gasteiger partial charge in [-0.3, -0.25) is 4.79 Å². The lowest BCUT2D eigenvalue weighted by molar-refractivity contribution is -0.132. The van der Waals surface area contributed by atoms with Gasteiger partial charge in [0, 0.05) is 19.4 Å². The summed E-state index contributed by atoms with van der Waals surface area (Å²) in [6.45, 7) is 4.75. The Morgan fingerprint density at radius 3 is 3.00 bits per heavy atom. The van der Waals surface area contributed by atoms with Crippen LogP contribution in [0.2, 0.25) is 0 Å². The van der Waals surface area contributed by atoms with Gasteiger partial charge in [0.05, 0.1) is 7.11 Å². The van der Waals surface area contributed by atoms with Crippen LogP contribution in [-0.4, -0.2) is 34.6 Å². The third-order valence-corrected chi connectivity index (χ3v) is 4.76. The molecule has 1 aliphatic rings. The monoisotopic (exact) mass is 343 g/mol. The van der Waals surface area contributed by atoms with Gasteiger partial charge in [-0.2, -0.15) is 4.98 Å². The molecule has 0 saturated carbocycles. The highest BCUT2D eigenvalue weighted by molar-refractivity contribution is 5.77. The van der Waals surface area contributed by atoms with Crippen molar-refractivity contribution in [2.75, 3.05) is 13.7 Å². The maximum atomic E-state index is 12.7. The minimum atomic E-state index is -0.0761. The molecule has 1 amide bonds. The van der Waals surface area contributed by atoms with Gasteiger partial charge in [-0.15, -0.1) is 0 Å². The zero-order chi connectivity index (χ0) is 17.8. The lowest BCUT2D eigenvalue weighted by Crippen LogP contribution is -2.30. The first-order valence-electron chi connectivity index (χ1n) is 8.87. The van der Waals surface area contributed by atoms with E-state index < -0.39 is 0 Å². The van der Waals surface area contributed by atoms with Gasteiger partial charge in [-0.05, 0) is 43.4 Å². The van der Waals surface area contributed by atoms with Crippen molar-refractivity contribution in [3.8, 4) is 5.75 Å². The van der Waals surface area contributed by atoms with Crippen molar-refractivity contribution < 1.29 is 14.1 Å². The molecule has 0 spiro atoms. The molecule has 2 heterocycles. The van der Waals surface area contributed by atoms with Crippen LogP contribution in [0.5, 0.6) is 5.75 Å². The molecule has 0 aliphatic carbocycles. The Morgan fingerprint density at radius 1 is 1.44 bits per heavy atom. The second-order valence-corrected chi connectivity index (χ2v) is 6.45. The Labute approximate surface area is 148 Å². The van der Waals surface area contributed by atoms with Crippen molar-refractivity contribution in [1.29, 1.82) is 0 Å². The highest BCUT2D eigenvalue weighted by atomic mass is 16.5.